The molecule has 0 aliphatic carbocycles. The molecule has 0 amide bonds. The molecule has 0 bridgehead atoms. The van der Waals surface area contributed by atoms with E-state index in [0.717, 1.165) is 43.2 Å². The van der Waals surface area contributed by atoms with E-state index < -0.39 is 9.84 Å². The molecule has 1 N–H and O–H groups in total. The smallest absolute Gasteiger partial charge is 0.193 e. The van der Waals surface area contributed by atoms with Crippen molar-refractivity contribution < 1.29 is 13.2 Å². The molecule has 3 rings (SSSR count). The zero-order valence-corrected chi connectivity index (χ0v) is 17.2. The van der Waals surface area contributed by atoms with Crippen molar-refractivity contribution in [3.05, 3.63) is 60.2 Å². The third-order valence-electron chi connectivity index (χ3n) is 4.80. The number of nitrogens with zero attached hydrogens (tertiary/aromatic N) is 2. The Balaban J connectivity index is 1.49. The monoisotopic (exact) mass is 401 g/mol. The van der Waals surface area contributed by atoms with Crippen LogP contribution in [0.25, 0.3) is 0 Å². The van der Waals surface area contributed by atoms with E-state index in [1.54, 1.807) is 19.2 Å². The molecule has 1 heterocycles. The fraction of sp³-hybridized carbons (Fsp3) is 0.381. The maximum Gasteiger partial charge on any atom is 0.193 e. The molecule has 1 aliphatic heterocycles. The number of para-hydroxylation sites is 1. The van der Waals surface area contributed by atoms with Gasteiger partial charge in [0.25, 0.3) is 0 Å². The quantitative estimate of drug-likeness (QED) is 0.616. The molecule has 7 heteroatoms. The zero-order chi connectivity index (χ0) is 20.0. The highest BCUT2D eigenvalue weighted by atomic mass is 32.2. The average molecular weight is 402 g/mol. The highest BCUT2D eigenvalue weighted by Crippen LogP contribution is 2.19. The Bertz CT molecular complexity index is 888. The predicted octanol–water partition coefficient (Wildman–Crippen LogP) is 2.71. The van der Waals surface area contributed by atoms with Gasteiger partial charge in [0.2, 0.25) is 0 Å². The number of hydrogen-bond donors (Lipinski definition) is 1. The Hall–Kier alpha value is -2.54. The summed E-state index contributed by atoms with van der Waals surface area (Å²) in [6.45, 7) is 2.35. The molecule has 0 unspecified atom stereocenters. The molecule has 1 aliphatic rings. The number of rotatable bonds is 5. The van der Waals surface area contributed by atoms with Crippen LogP contribution < -0.4 is 10.1 Å². The van der Waals surface area contributed by atoms with E-state index in [4.69, 9.17) is 4.74 Å². The Morgan fingerprint density at radius 2 is 1.75 bits per heavy atom. The maximum absolute atomic E-state index is 11.6. The van der Waals surface area contributed by atoms with E-state index in [2.05, 4.69) is 15.2 Å². The highest BCUT2D eigenvalue weighted by Gasteiger charge is 2.22. The summed E-state index contributed by atoms with van der Waals surface area (Å²) in [4.78, 5) is 6.95. The third kappa shape index (κ3) is 5.48. The predicted molar refractivity (Wildman–Crippen MR) is 111 cm³/mol. The minimum Gasteiger partial charge on any atom is -0.490 e. The Kier molecular flexibility index (Phi) is 6.57. The van der Waals surface area contributed by atoms with Crippen LogP contribution in [0.2, 0.25) is 0 Å². The van der Waals surface area contributed by atoms with E-state index in [1.807, 2.05) is 42.5 Å². The topological polar surface area (TPSA) is 71.0 Å². The molecule has 2 aromatic rings. The molecule has 0 saturated carbocycles. The first-order valence-corrected chi connectivity index (χ1v) is 11.3. The average Bonchev–Trinajstić information content (AvgIpc) is 2.70. The van der Waals surface area contributed by atoms with E-state index in [0.29, 0.717) is 11.4 Å². The van der Waals surface area contributed by atoms with Crippen molar-refractivity contribution in [3.63, 3.8) is 0 Å². The minimum atomic E-state index is -3.16. The van der Waals surface area contributed by atoms with Gasteiger partial charge in [-0.25, -0.2) is 8.42 Å². The van der Waals surface area contributed by atoms with Gasteiger partial charge in [-0.15, -0.1) is 0 Å². The standard InChI is InChI=1S/C21H27N3O3S/c1-22-21(23-16-17-8-10-20(11-9-17)28(2,25)26)24-14-12-19(13-15-24)27-18-6-4-3-5-7-18/h3-11,19H,12-16H2,1-2H3,(H,22,23). The summed E-state index contributed by atoms with van der Waals surface area (Å²) < 4.78 is 29.2. The number of hydrogen-bond acceptors (Lipinski definition) is 4. The van der Waals surface area contributed by atoms with Crippen LogP contribution in [0.3, 0.4) is 0 Å². The van der Waals surface area contributed by atoms with Crippen LogP contribution in [0.5, 0.6) is 5.75 Å². The van der Waals surface area contributed by atoms with Gasteiger partial charge in [0.15, 0.2) is 15.8 Å². The van der Waals surface area contributed by atoms with Crippen molar-refractivity contribution in [3.8, 4) is 5.75 Å². The third-order valence-corrected chi connectivity index (χ3v) is 5.93. The molecular formula is C21H27N3O3S. The number of ether oxygens (including phenoxy) is 1. The summed E-state index contributed by atoms with van der Waals surface area (Å²) in [6, 6.07) is 16.9. The number of piperidine rings is 1. The van der Waals surface area contributed by atoms with Crippen LogP contribution >= 0.6 is 0 Å². The Labute approximate surface area is 167 Å². The molecule has 6 nitrogen and oxygen atoms in total. The normalized spacial score (nSPS) is 16.1. The second-order valence-electron chi connectivity index (χ2n) is 6.93. The Morgan fingerprint density at radius 1 is 1.11 bits per heavy atom. The largest absolute Gasteiger partial charge is 0.490 e. The fourth-order valence-electron chi connectivity index (χ4n) is 3.24. The summed E-state index contributed by atoms with van der Waals surface area (Å²) in [7, 11) is -1.39. The van der Waals surface area contributed by atoms with Crippen molar-refractivity contribution in [1.82, 2.24) is 10.2 Å². The van der Waals surface area contributed by atoms with Gasteiger partial charge < -0.3 is 15.0 Å². The SMILES string of the molecule is CN=C(NCc1ccc(S(C)(=O)=O)cc1)N1CCC(Oc2ccccc2)CC1. The molecule has 1 saturated heterocycles. The summed E-state index contributed by atoms with van der Waals surface area (Å²) >= 11 is 0. The van der Waals surface area contributed by atoms with E-state index in [1.165, 1.54) is 6.26 Å². The molecule has 1 fully saturated rings. The molecule has 2 aromatic carbocycles. The summed E-state index contributed by atoms with van der Waals surface area (Å²) in [6.07, 6.45) is 3.32. The lowest BCUT2D eigenvalue weighted by molar-refractivity contribution is 0.129. The Morgan fingerprint density at radius 3 is 2.32 bits per heavy atom. The molecular weight excluding hydrogens is 374 g/mol. The van der Waals surface area contributed by atoms with Crippen molar-refractivity contribution >= 4 is 15.8 Å². The van der Waals surface area contributed by atoms with Gasteiger partial charge >= 0.3 is 0 Å². The first kappa shape index (κ1) is 20.2. The molecule has 0 spiro atoms. The van der Waals surface area contributed by atoms with Gasteiger partial charge in [0, 0.05) is 45.8 Å². The highest BCUT2D eigenvalue weighted by molar-refractivity contribution is 7.90. The number of sulfone groups is 1. The molecule has 0 atom stereocenters. The molecule has 150 valence electrons. The number of aliphatic imine (C=N–C) groups is 1. The first-order chi connectivity index (χ1) is 13.5. The van der Waals surface area contributed by atoms with Crippen LogP contribution in [-0.2, 0) is 16.4 Å². The van der Waals surface area contributed by atoms with Gasteiger partial charge in [-0.1, -0.05) is 30.3 Å². The fourth-order valence-corrected chi connectivity index (χ4v) is 3.88. The number of benzene rings is 2. The van der Waals surface area contributed by atoms with Crippen molar-refractivity contribution in [2.75, 3.05) is 26.4 Å². The van der Waals surface area contributed by atoms with Crippen LogP contribution in [0.15, 0.2) is 64.5 Å². The summed E-state index contributed by atoms with van der Waals surface area (Å²) in [5.74, 6) is 1.77. The van der Waals surface area contributed by atoms with Gasteiger partial charge in [-0.3, -0.25) is 4.99 Å². The van der Waals surface area contributed by atoms with Crippen molar-refractivity contribution in [2.24, 2.45) is 4.99 Å². The molecule has 28 heavy (non-hydrogen) atoms. The summed E-state index contributed by atoms with van der Waals surface area (Å²) in [5, 5.41) is 3.36. The number of nitrogens with one attached hydrogen (secondary N) is 1. The zero-order valence-electron chi connectivity index (χ0n) is 16.3. The summed E-state index contributed by atoms with van der Waals surface area (Å²) in [5.41, 5.74) is 1.01. The van der Waals surface area contributed by atoms with Gasteiger partial charge in [0.05, 0.1) is 4.90 Å². The lowest BCUT2D eigenvalue weighted by atomic mass is 10.1. The van der Waals surface area contributed by atoms with E-state index >= 15 is 0 Å². The van der Waals surface area contributed by atoms with Crippen LogP contribution in [0.4, 0.5) is 0 Å². The first-order valence-electron chi connectivity index (χ1n) is 9.42. The van der Waals surface area contributed by atoms with Gasteiger partial charge in [0.1, 0.15) is 11.9 Å². The van der Waals surface area contributed by atoms with Crippen molar-refractivity contribution in [2.45, 2.75) is 30.4 Å². The van der Waals surface area contributed by atoms with Gasteiger partial charge in [-0.2, -0.15) is 0 Å². The molecule has 0 radical (unpaired) electrons. The van der Waals surface area contributed by atoms with E-state index in [9.17, 15) is 8.42 Å². The number of likely N-dealkylation sites (tertiary alicyclic amines) is 1. The molecule has 0 aromatic heterocycles. The second kappa shape index (κ2) is 9.10. The second-order valence-corrected chi connectivity index (χ2v) is 8.95. The van der Waals surface area contributed by atoms with Crippen LogP contribution in [0, 0.1) is 0 Å². The lowest BCUT2D eigenvalue weighted by Crippen LogP contribution is -2.47. The van der Waals surface area contributed by atoms with Gasteiger partial charge in [-0.05, 0) is 29.8 Å². The van der Waals surface area contributed by atoms with Crippen molar-refractivity contribution in [1.29, 1.82) is 0 Å². The minimum absolute atomic E-state index is 0.222. The van der Waals surface area contributed by atoms with E-state index in [-0.39, 0.29) is 6.10 Å². The number of guanidine groups is 1. The van der Waals surface area contributed by atoms with Crippen LogP contribution in [-0.4, -0.2) is 51.8 Å². The maximum atomic E-state index is 11.6. The van der Waals surface area contributed by atoms with Crippen LogP contribution in [0.1, 0.15) is 18.4 Å². The lowest BCUT2D eigenvalue weighted by Gasteiger charge is -2.34.